The molecular weight excluding hydrogens is 252 g/mol. The molecule has 1 aromatic carbocycles. The number of rotatable bonds is 3. The van der Waals surface area contributed by atoms with E-state index in [1.54, 1.807) is 11.8 Å². The third kappa shape index (κ3) is 2.83. The Morgan fingerprint density at radius 2 is 2.18 bits per heavy atom. The van der Waals surface area contributed by atoms with Crippen LogP contribution in [-0.4, -0.2) is 15.2 Å². The van der Waals surface area contributed by atoms with Crippen LogP contribution in [0.15, 0.2) is 27.4 Å². The van der Waals surface area contributed by atoms with Crippen molar-refractivity contribution in [2.75, 3.05) is 0 Å². The Kier molecular flexibility index (Phi) is 3.44. The molecule has 0 spiro atoms. The highest BCUT2D eigenvalue weighted by atomic mass is 32.2. The van der Waals surface area contributed by atoms with Gasteiger partial charge in [-0.2, -0.15) is 4.37 Å². The van der Waals surface area contributed by atoms with Crippen molar-refractivity contribution in [3.05, 3.63) is 35.2 Å². The highest BCUT2D eigenvalue weighted by Crippen LogP contribution is 2.30. The van der Waals surface area contributed by atoms with Crippen LogP contribution in [0.25, 0.3) is 0 Å². The number of amidine groups is 1. The topological polar surface area (TPSA) is 75.7 Å². The van der Waals surface area contributed by atoms with E-state index in [0.29, 0.717) is 0 Å². The van der Waals surface area contributed by atoms with Gasteiger partial charge in [0.15, 0.2) is 4.34 Å². The number of aromatic nitrogens is 2. The Balaban J connectivity index is 2.23. The predicted octanol–water partition coefficient (Wildman–Crippen LogP) is 2.59. The maximum Gasteiger partial charge on any atom is 0.174 e. The molecule has 0 amide bonds. The van der Waals surface area contributed by atoms with Gasteiger partial charge in [-0.1, -0.05) is 11.8 Å². The van der Waals surface area contributed by atoms with Crippen LogP contribution in [0.3, 0.4) is 0 Å². The van der Waals surface area contributed by atoms with E-state index >= 15 is 0 Å². The number of hydrogen-bond donors (Lipinski definition) is 2. The van der Waals surface area contributed by atoms with Crippen molar-refractivity contribution in [3.8, 4) is 0 Å². The summed E-state index contributed by atoms with van der Waals surface area (Å²) in [5.74, 6) is 0.903. The molecule has 0 unspecified atom stereocenters. The minimum Gasteiger partial charge on any atom is -0.384 e. The van der Waals surface area contributed by atoms with Crippen molar-refractivity contribution in [1.29, 1.82) is 5.41 Å². The molecule has 0 saturated carbocycles. The Labute approximate surface area is 108 Å². The van der Waals surface area contributed by atoms with Crippen molar-refractivity contribution in [2.24, 2.45) is 5.73 Å². The van der Waals surface area contributed by atoms with Gasteiger partial charge in [0, 0.05) is 10.5 Å². The second-order valence-electron chi connectivity index (χ2n) is 3.60. The number of aryl methyl sites for hydroxylation is 2. The first-order chi connectivity index (χ1) is 8.06. The Hall–Kier alpha value is -1.40. The number of nitrogens with one attached hydrogen (secondary N) is 1. The average Bonchev–Trinajstić information content (AvgIpc) is 2.63. The molecule has 3 N–H and O–H groups in total. The van der Waals surface area contributed by atoms with E-state index in [9.17, 15) is 0 Å². The summed E-state index contributed by atoms with van der Waals surface area (Å²) in [5, 5.41) is 7.42. The molecule has 88 valence electrons. The summed E-state index contributed by atoms with van der Waals surface area (Å²) in [7, 11) is 0. The van der Waals surface area contributed by atoms with Crippen molar-refractivity contribution in [1.82, 2.24) is 9.36 Å². The van der Waals surface area contributed by atoms with Crippen LogP contribution in [0.4, 0.5) is 0 Å². The number of nitrogens with two attached hydrogens (primary N) is 1. The Morgan fingerprint density at radius 3 is 2.71 bits per heavy atom. The van der Waals surface area contributed by atoms with Gasteiger partial charge in [-0.15, -0.1) is 0 Å². The van der Waals surface area contributed by atoms with E-state index in [1.807, 2.05) is 32.0 Å². The average molecular weight is 264 g/mol. The summed E-state index contributed by atoms with van der Waals surface area (Å²) in [4.78, 5) is 5.38. The fraction of sp³-hybridized carbons (Fsp3) is 0.182. The van der Waals surface area contributed by atoms with Crippen LogP contribution in [-0.2, 0) is 0 Å². The number of nitrogens with zero attached hydrogens (tertiary/aromatic N) is 2. The molecule has 0 fully saturated rings. The molecular formula is C11H12N4S2. The molecule has 1 heterocycles. The van der Waals surface area contributed by atoms with Gasteiger partial charge >= 0.3 is 0 Å². The SMILES string of the molecule is Cc1nsc(Sc2ccc(C(=N)N)c(C)c2)n1. The van der Waals surface area contributed by atoms with Gasteiger partial charge < -0.3 is 5.73 Å². The second-order valence-corrected chi connectivity index (χ2v) is 5.67. The molecule has 0 aliphatic rings. The summed E-state index contributed by atoms with van der Waals surface area (Å²) in [6.07, 6.45) is 0. The van der Waals surface area contributed by atoms with E-state index in [1.165, 1.54) is 11.5 Å². The smallest absolute Gasteiger partial charge is 0.174 e. The van der Waals surface area contributed by atoms with Crippen molar-refractivity contribution in [2.45, 2.75) is 23.1 Å². The van der Waals surface area contributed by atoms with Crippen LogP contribution in [0.2, 0.25) is 0 Å². The number of hydrogen-bond acceptors (Lipinski definition) is 5. The molecule has 1 aromatic heterocycles. The molecule has 17 heavy (non-hydrogen) atoms. The van der Waals surface area contributed by atoms with E-state index < -0.39 is 0 Å². The monoisotopic (exact) mass is 264 g/mol. The van der Waals surface area contributed by atoms with Crippen LogP contribution < -0.4 is 5.73 Å². The Bertz CT molecular complexity index is 562. The summed E-state index contributed by atoms with van der Waals surface area (Å²) >= 11 is 2.97. The van der Waals surface area contributed by atoms with Crippen LogP contribution >= 0.6 is 23.3 Å². The molecule has 6 heteroatoms. The first-order valence-corrected chi connectivity index (χ1v) is 6.58. The number of nitrogen functional groups attached to an aromatic ring is 1. The minimum absolute atomic E-state index is 0.103. The van der Waals surface area contributed by atoms with Crippen molar-refractivity contribution < 1.29 is 0 Å². The zero-order chi connectivity index (χ0) is 12.4. The van der Waals surface area contributed by atoms with Gasteiger partial charge in [-0.25, -0.2) is 4.98 Å². The Morgan fingerprint density at radius 1 is 1.41 bits per heavy atom. The first-order valence-electron chi connectivity index (χ1n) is 4.99. The lowest BCUT2D eigenvalue weighted by Gasteiger charge is -2.05. The fourth-order valence-electron chi connectivity index (χ4n) is 1.42. The summed E-state index contributed by atoms with van der Waals surface area (Å²) in [6.45, 7) is 3.83. The first kappa shape index (κ1) is 12.1. The van der Waals surface area contributed by atoms with Gasteiger partial charge in [0.2, 0.25) is 0 Å². The lowest BCUT2D eigenvalue weighted by molar-refractivity contribution is 1.10. The lowest BCUT2D eigenvalue weighted by Crippen LogP contribution is -2.12. The molecule has 0 aliphatic carbocycles. The van der Waals surface area contributed by atoms with Crippen LogP contribution in [0.1, 0.15) is 17.0 Å². The van der Waals surface area contributed by atoms with Gasteiger partial charge in [0.25, 0.3) is 0 Å². The number of benzene rings is 1. The summed E-state index contributed by atoms with van der Waals surface area (Å²) in [5.41, 5.74) is 7.26. The normalized spacial score (nSPS) is 10.5. The molecule has 0 bridgehead atoms. The third-order valence-electron chi connectivity index (χ3n) is 2.20. The molecule has 0 radical (unpaired) electrons. The maximum absolute atomic E-state index is 7.42. The standard InChI is InChI=1S/C11H12N4S2/c1-6-5-8(3-4-9(6)10(12)13)16-11-14-7(2)15-17-11/h3-5H,1-2H3,(H3,12,13). The lowest BCUT2D eigenvalue weighted by atomic mass is 10.1. The van der Waals surface area contributed by atoms with Crippen molar-refractivity contribution >= 4 is 29.1 Å². The van der Waals surface area contributed by atoms with Crippen LogP contribution in [0.5, 0.6) is 0 Å². The molecule has 2 rings (SSSR count). The molecule has 0 aliphatic heterocycles. The molecule has 2 aromatic rings. The van der Waals surface area contributed by atoms with E-state index in [2.05, 4.69) is 9.36 Å². The predicted molar refractivity (Wildman–Crippen MR) is 71.0 cm³/mol. The highest BCUT2D eigenvalue weighted by Gasteiger charge is 2.06. The molecule has 0 saturated heterocycles. The quantitative estimate of drug-likeness (QED) is 0.660. The van der Waals surface area contributed by atoms with E-state index in [-0.39, 0.29) is 5.84 Å². The minimum atomic E-state index is 0.103. The van der Waals surface area contributed by atoms with Gasteiger partial charge in [0.05, 0.1) is 0 Å². The van der Waals surface area contributed by atoms with Crippen molar-refractivity contribution in [3.63, 3.8) is 0 Å². The van der Waals surface area contributed by atoms with E-state index in [4.69, 9.17) is 11.1 Å². The van der Waals surface area contributed by atoms with E-state index in [0.717, 1.165) is 26.2 Å². The third-order valence-corrected chi connectivity index (χ3v) is 4.03. The van der Waals surface area contributed by atoms with Gasteiger partial charge in [-0.05, 0) is 49.1 Å². The van der Waals surface area contributed by atoms with Crippen LogP contribution in [0, 0.1) is 19.3 Å². The summed E-state index contributed by atoms with van der Waals surface area (Å²) < 4.78 is 5.06. The second kappa shape index (κ2) is 4.85. The molecule has 4 nitrogen and oxygen atoms in total. The molecule has 0 atom stereocenters. The fourth-order valence-corrected chi connectivity index (χ4v) is 3.15. The van der Waals surface area contributed by atoms with Gasteiger partial charge in [0.1, 0.15) is 11.7 Å². The van der Waals surface area contributed by atoms with Gasteiger partial charge in [-0.3, -0.25) is 5.41 Å². The summed E-state index contributed by atoms with van der Waals surface area (Å²) in [6, 6.07) is 5.83. The highest BCUT2D eigenvalue weighted by molar-refractivity contribution is 8.01. The largest absolute Gasteiger partial charge is 0.384 e. The zero-order valence-electron chi connectivity index (χ0n) is 9.52. The zero-order valence-corrected chi connectivity index (χ0v) is 11.2. The maximum atomic E-state index is 7.42.